The third-order valence-corrected chi connectivity index (χ3v) is 4.44. The van der Waals surface area contributed by atoms with E-state index in [1.807, 2.05) is 18.2 Å². The maximum atomic E-state index is 10.3. The Bertz CT molecular complexity index is 944. The number of hydrogen-bond acceptors (Lipinski definition) is 4. The fourth-order valence-corrected chi connectivity index (χ4v) is 3.32. The summed E-state index contributed by atoms with van der Waals surface area (Å²) in [5, 5.41) is 11.7. The standard InChI is InChI=1S/C14H8ClN3OS/c15-7-3-4-9-10(6-7)18-13(17-9)12-11(19)8-2-1-5-16-14(8)20-12/h1-6,19H,(H,17,18). The van der Waals surface area contributed by atoms with Crippen molar-refractivity contribution in [2.24, 2.45) is 0 Å². The monoisotopic (exact) mass is 301 g/mol. The predicted molar refractivity (Wildman–Crippen MR) is 81.4 cm³/mol. The molecule has 1 aromatic carbocycles. The predicted octanol–water partition coefficient (Wildman–Crippen LogP) is 4.20. The van der Waals surface area contributed by atoms with Gasteiger partial charge >= 0.3 is 0 Å². The number of rotatable bonds is 1. The average molecular weight is 302 g/mol. The van der Waals surface area contributed by atoms with E-state index in [1.54, 1.807) is 18.3 Å². The quantitative estimate of drug-likeness (QED) is 0.554. The summed E-state index contributed by atoms with van der Waals surface area (Å²) in [6.45, 7) is 0. The molecule has 0 radical (unpaired) electrons. The van der Waals surface area contributed by atoms with E-state index in [9.17, 15) is 5.11 Å². The van der Waals surface area contributed by atoms with Gasteiger partial charge in [-0.3, -0.25) is 0 Å². The highest BCUT2D eigenvalue weighted by Gasteiger charge is 2.16. The van der Waals surface area contributed by atoms with E-state index < -0.39 is 0 Å². The van der Waals surface area contributed by atoms with Gasteiger partial charge in [0.2, 0.25) is 0 Å². The lowest BCUT2D eigenvalue weighted by Crippen LogP contribution is -1.74. The van der Waals surface area contributed by atoms with Crippen LogP contribution in [0.1, 0.15) is 0 Å². The second-order valence-electron chi connectivity index (χ2n) is 4.38. The highest BCUT2D eigenvalue weighted by atomic mass is 35.5. The van der Waals surface area contributed by atoms with Crippen LogP contribution in [-0.2, 0) is 0 Å². The molecule has 6 heteroatoms. The molecule has 0 aliphatic carbocycles. The van der Waals surface area contributed by atoms with Crippen molar-refractivity contribution in [2.75, 3.05) is 0 Å². The van der Waals surface area contributed by atoms with Gasteiger partial charge in [-0.2, -0.15) is 0 Å². The van der Waals surface area contributed by atoms with Crippen LogP contribution in [0.5, 0.6) is 5.75 Å². The van der Waals surface area contributed by atoms with Crippen molar-refractivity contribution in [1.29, 1.82) is 0 Å². The largest absolute Gasteiger partial charge is 0.506 e. The number of pyridine rings is 1. The third kappa shape index (κ3) is 1.67. The molecule has 0 spiro atoms. The number of benzene rings is 1. The van der Waals surface area contributed by atoms with E-state index in [0.29, 0.717) is 15.7 Å². The molecule has 0 unspecified atom stereocenters. The van der Waals surface area contributed by atoms with E-state index in [1.165, 1.54) is 11.3 Å². The summed E-state index contributed by atoms with van der Waals surface area (Å²) in [6, 6.07) is 9.10. The van der Waals surface area contributed by atoms with Gasteiger partial charge in [-0.1, -0.05) is 11.6 Å². The molecule has 98 valence electrons. The summed E-state index contributed by atoms with van der Waals surface area (Å²) in [7, 11) is 0. The number of aromatic nitrogens is 3. The summed E-state index contributed by atoms with van der Waals surface area (Å²) >= 11 is 7.37. The van der Waals surface area contributed by atoms with Crippen LogP contribution in [0.2, 0.25) is 5.02 Å². The molecule has 0 amide bonds. The number of aromatic amines is 1. The smallest absolute Gasteiger partial charge is 0.152 e. The SMILES string of the molecule is Oc1c(-c2nc3ccc(Cl)cc3[nH]2)sc2ncccc12. The molecular formula is C14H8ClN3OS. The summed E-state index contributed by atoms with van der Waals surface area (Å²) in [4.78, 5) is 13.4. The highest BCUT2D eigenvalue weighted by molar-refractivity contribution is 7.22. The number of H-pyrrole nitrogens is 1. The van der Waals surface area contributed by atoms with Gasteiger partial charge in [0.25, 0.3) is 0 Å². The average Bonchev–Trinajstić information content (AvgIpc) is 3.00. The molecule has 4 rings (SSSR count). The first kappa shape index (κ1) is 11.7. The van der Waals surface area contributed by atoms with Crippen LogP contribution in [0.15, 0.2) is 36.5 Å². The maximum absolute atomic E-state index is 10.3. The first-order chi connectivity index (χ1) is 9.72. The molecule has 0 bridgehead atoms. The number of aromatic hydroxyl groups is 1. The molecule has 0 aliphatic rings. The molecule has 0 saturated heterocycles. The molecule has 2 N–H and O–H groups in total. The Morgan fingerprint density at radius 2 is 2.15 bits per heavy atom. The van der Waals surface area contributed by atoms with E-state index in [4.69, 9.17) is 11.6 Å². The fraction of sp³-hybridized carbons (Fsp3) is 0. The number of hydrogen-bond donors (Lipinski definition) is 2. The summed E-state index contributed by atoms with van der Waals surface area (Å²) in [5.41, 5.74) is 1.66. The molecule has 0 atom stereocenters. The van der Waals surface area contributed by atoms with Crippen LogP contribution in [0.4, 0.5) is 0 Å². The molecule has 4 nitrogen and oxygen atoms in total. The van der Waals surface area contributed by atoms with Crippen molar-refractivity contribution in [2.45, 2.75) is 0 Å². The Morgan fingerprint density at radius 1 is 1.25 bits per heavy atom. The van der Waals surface area contributed by atoms with Crippen molar-refractivity contribution in [3.8, 4) is 16.5 Å². The second kappa shape index (κ2) is 4.19. The van der Waals surface area contributed by atoms with Crippen molar-refractivity contribution in [3.63, 3.8) is 0 Å². The molecule has 4 aromatic rings. The van der Waals surface area contributed by atoms with Crippen molar-refractivity contribution in [1.82, 2.24) is 15.0 Å². The van der Waals surface area contributed by atoms with E-state index in [2.05, 4.69) is 15.0 Å². The number of halogens is 1. The lowest BCUT2D eigenvalue weighted by atomic mass is 10.3. The Kier molecular flexibility index (Phi) is 2.45. The highest BCUT2D eigenvalue weighted by Crippen LogP contribution is 2.41. The summed E-state index contributed by atoms with van der Waals surface area (Å²) < 4.78 is 0. The minimum atomic E-state index is 0.211. The number of imidazole rings is 1. The van der Waals surface area contributed by atoms with Crippen LogP contribution >= 0.6 is 22.9 Å². The topological polar surface area (TPSA) is 61.8 Å². The van der Waals surface area contributed by atoms with E-state index in [-0.39, 0.29) is 5.75 Å². The maximum Gasteiger partial charge on any atom is 0.152 e. The first-order valence-corrected chi connectivity index (χ1v) is 7.14. The lowest BCUT2D eigenvalue weighted by molar-refractivity contribution is 0.485. The van der Waals surface area contributed by atoms with Crippen LogP contribution in [0, 0.1) is 0 Å². The van der Waals surface area contributed by atoms with E-state index >= 15 is 0 Å². The van der Waals surface area contributed by atoms with E-state index in [0.717, 1.165) is 21.3 Å². The zero-order valence-corrected chi connectivity index (χ0v) is 11.7. The lowest BCUT2D eigenvalue weighted by Gasteiger charge is -1.92. The molecular weight excluding hydrogens is 294 g/mol. The fourth-order valence-electron chi connectivity index (χ4n) is 2.17. The molecule has 20 heavy (non-hydrogen) atoms. The molecule has 3 heterocycles. The summed E-state index contributed by atoms with van der Waals surface area (Å²) in [5.74, 6) is 0.839. The molecule has 0 fully saturated rings. The zero-order chi connectivity index (χ0) is 13.7. The normalized spacial score (nSPS) is 11.4. The third-order valence-electron chi connectivity index (χ3n) is 3.10. The molecule has 0 aliphatic heterocycles. The van der Waals surface area contributed by atoms with Gasteiger partial charge < -0.3 is 10.1 Å². The van der Waals surface area contributed by atoms with Crippen LogP contribution in [0.25, 0.3) is 32.0 Å². The van der Waals surface area contributed by atoms with Gasteiger partial charge in [0.05, 0.1) is 16.4 Å². The van der Waals surface area contributed by atoms with Gasteiger partial charge in [0.15, 0.2) is 5.82 Å². The Morgan fingerprint density at radius 3 is 3.00 bits per heavy atom. The second-order valence-corrected chi connectivity index (χ2v) is 5.82. The number of nitrogens with zero attached hydrogens (tertiary/aromatic N) is 2. The molecule has 0 saturated carbocycles. The summed E-state index contributed by atoms with van der Waals surface area (Å²) in [6.07, 6.45) is 1.71. The van der Waals surface area contributed by atoms with Gasteiger partial charge in [-0.25, -0.2) is 9.97 Å². The minimum absolute atomic E-state index is 0.211. The Balaban J connectivity index is 1.98. The van der Waals surface area contributed by atoms with Gasteiger partial charge in [0, 0.05) is 11.2 Å². The van der Waals surface area contributed by atoms with Crippen LogP contribution in [-0.4, -0.2) is 20.1 Å². The van der Waals surface area contributed by atoms with Gasteiger partial charge in [-0.05, 0) is 30.3 Å². The van der Waals surface area contributed by atoms with Gasteiger partial charge in [-0.15, -0.1) is 11.3 Å². The van der Waals surface area contributed by atoms with Crippen LogP contribution < -0.4 is 0 Å². The minimum Gasteiger partial charge on any atom is -0.506 e. The van der Waals surface area contributed by atoms with Crippen molar-refractivity contribution >= 4 is 44.2 Å². The number of nitrogens with one attached hydrogen (secondary N) is 1. The first-order valence-electron chi connectivity index (χ1n) is 5.94. The van der Waals surface area contributed by atoms with Gasteiger partial charge in [0.1, 0.15) is 15.5 Å². The van der Waals surface area contributed by atoms with Crippen LogP contribution in [0.3, 0.4) is 0 Å². The van der Waals surface area contributed by atoms with Crippen molar-refractivity contribution < 1.29 is 5.11 Å². The molecule has 3 aromatic heterocycles. The number of fused-ring (bicyclic) bond motifs is 2. The Labute approximate surface area is 122 Å². The number of thiophene rings is 1. The zero-order valence-electron chi connectivity index (χ0n) is 10.1. The Hall–Kier alpha value is -2.11. The van der Waals surface area contributed by atoms with Crippen molar-refractivity contribution in [3.05, 3.63) is 41.6 Å².